The number of thiophene rings is 1. The summed E-state index contributed by atoms with van der Waals surface area (Å²) >= 11 is 1.63. The number of hydrogen-bond acceptors (Lipinski definition) is 4. The van der Waals surface area contributed by atoms with Crippen LogP contribution in [0.2, 0.25) is 0 Å². The number of anilines is 1. The molecule has 5 nitrogen and oxygen atoms in total. The van der Waals surface area contributed by atoms with Crippen molar-refractivity contribution >= 4 is 33.0 Å². The van der Waals surface area contributed by atoms with E-state index < -0.39 is 10.0 Å². The van der Waals surface area contributed by atoms with Crippen molar-refractivity contribution in [1.29, 1.82) is 0 Å². The van der Waals surface area contributed by atoms with Crippen molar-refractivity contribution in [1.82, 2.24) is 0 Å². The lowest BCUT2D eigenvalue weighted by Crippen LogP contribution is -2.11. The monoisotopic (exact) mass is 384 g/mol. The number of carbonyl (C=O) groups excluding carboxylic acids is 1. The number of fused-ring (bicyclic) bond motifs is 1. The molecule has 0 bridgehead atoms. The molecular weight excluding hydrogens is 368 g/mol. The number of carbonyl (C=O) groups is 1. The van der Waals surface area contributed by atoms with Crippen molar-refractivity contribution in [2.75, 3.05) is 5.32 Å². The minimum Gasteiger partial charge on any atom is -0.326 e. The summed E-state index contributed by atoms with van der Waals surface area (Å²) in [6, 6.07) is 12.6. The number of primary sulfonamides is 1. The van der Waals surface area contributed by atoms with E-state index in [0.717, 1.165) is 38.4 Å². The van der Waals surface area contributed by atoms with Crippen molar-refractivity contribution in [3.63, 3.8) is 0 Å². The van der Waals surface area contributed by atoms with Crippen molar-refractivity contribution in [2.45, 2.75) is 18.2 Å². The minimum atomic E-state index is -3.69. The first-order valence-corrected chi connectivity index (χ1v) is 10.4. The molecule has 7 heteroatoms. The molecule has 0 saturated carbocycles. The fourth-order valence-corrected chi connectivity index (χ4v) is 4.79. The highest BCUT2D eigenvalue weighted by Gasteiger charge is 2.19. The van der Waals surface area contributed by atoms with Crippen LogP contribution in [-0.4, -0.2) is 14.3 Å². The molecule has 0 saturated heterocycles. The summed E-state index contributed by atoms with van der Waals surface area (Å²) in [6.07, 6.45) is 0.412. The highest BCUT2D eigenvalue weighted by molar-refractivity contribution is 7.89. The second-order valence-electron chi connectivity index (χ2n) is 6.27. The summed E-state index contributed by atoms with van der Waals surface area (Å²) in [5.74, 6) is 0.0238. The first-order valence-electron chi connectivity index (χ1n) is 7.97. The minimum absolute atomic E-state index is 0.0238. The van der Waals surface area contributed by atoms with Gasteiger partial charge >= 0.3 is 0 Å². The maximum absolute atomic E-state index is 11.5. The van der Waals surface area contributed by atoms with Gasteiger partial charge in [0.1, 0.15) is 0 Å². The number of sulfonamides is 1. The Morgan fingerprint density at radius 1 is 1.08 bits per heavy atom. The Morgan fingerprint density at radius 3 is 2.46 bits per heavy atom. The lowest BCUT2D eigenvalue weighted by atomic mass is 10.00. The Kier molecular flexibility index (Phi) is 3.95. The van der Waals surface area contributed by atoms with Crippen molar-refractivity contribution in [2.24, 2.45) is 5.14 Å². The number of hydrogen-bond donors (Lipinski definition) is 2. The molecule has 3 N–H and O–H groups in total. The summed E-state index contributed by atoms with van der Waals surface area (Å²) < 4.78 is 22.8. The van der Waals surface area contributed by atoms with Gasteiger partial charge in [0.25, 0.3) is 0 Å². The van der Waals surface area contributed by atoms with E-state index in [0.29, 0.717) is 6.42 Å². The molecule has 4 rings (SSSR count). The molecule has 0 unspecified atom stereocenters. The summed E-state index contributed by atoms with van der Waals surface area (Å²) in [4.78, 5) is 12.8. The molecule has 132 valence electrons. The van der Waals surface area contributed by atoms with E-state index in [-0.39, 0.29) is 10.8 Å². The van der Waals surface area contributed by atoms with Crippen molar-refractivity contribution in [3.05, 3.63) is 59.0 Å². The van der Waals surface area contributed by atoms with Gasteiger partial charge in [0, 0.05) is 10.6 Å². The Labute approximate surface area is 155 Å². The number of amides is 1. The summed E-state index contributed by atoms with van der Waals surface area (Å²) in [7, 11) is -3.69. The quantitative estimate of drug-likeness (QED) is 0.724. The molecule has 0 atom stereocenters. The van der Waals surface area contributed by atoms with Crippen LogP contribution >= 0.6 is 11.3 Å². The van der Waals surface area contributed by atoms with E-state index in [2.05, 4.69) is 16.8 Å². The van der Waals surface area contributed by atoms with Gasteiger partial charge in [0.15, 0.2) is 0 Å². The lowest BCUT2D eigenvalue weighted by molar-refractivity contribution is -0.115. The second kappa shape index (κ2) is 6.05. The third-order valence-electron chi connectivity index (χ3n) is 4.53. The third-order valence-corrected chi connectivity index (χ3v) is 6.59. The van der Waals surface area contributed by atoms with Crippen LogP contribution in [0.5, 0.6) is 0 Å². The van der Waals surface area contributed by atoms with Gasteiger partial charge in [-0.3, -0.25) is 4.79 Å². The lowest BCUT2D eigenvalue weighted by Gasteiger charge is -2.06. The Bertz CT molecular complexity index is 1130. The highest BCUT2D eigenvalue weighted by atomic mass is 32.2. The molecule has 0 aliphatic carbocycles. The third kappa shape index (κ3) is 2.94. The first-order chi connectivity index (χ1) is 12.3. The molecule has 1 aliphatic rings. The zero-order valence-corrected chi connectivity index (χ0v) is 15.6. The van der Waals surface area contributed by atoms with E-state index in [1.165, 1.54) is 12.1 Å². The molecule has 1 aliphatic heterocycles. The molecule has 0 fully saturated rings. The Hall–Kier alpha value is -2.48. The fraction of sp³-hybridized carbons (Fsp3) is 0.105. The molecule has 3 aromatic rings. The number of rotatable bonds is 3. The van der Waals surface area contributed by atoms with E-state index in [1.807, 2.05) is 19.1 Å². The topological polar surface area (TPSA) is 89.3 Å². The van der Waals surface area contributed by atoms with Crippen LogP contribution in [0.15, 0.2) is 52.7 Å². The van der Waals surface area contributed by atoms with Crippen molar-refractivity contribution in [3.8, 4) is 21.6 Å². The van der Waals surface area contributed by atoms with Crippen LogP contribution < -0.4 is 10.5 Å². The van der Waals surface area contributed by atoms with E-state index >= 15 is 0 Å². The van der Waals surface area contributed by atoms with Crippen LogP contribution in [0, 0.1) is 6.92 Å². The molecule has 0 spiro atoms. The predicted molar refractivity (Wildman–Crippen MR) is 104 cm³/mol. The van der Waals surface area contributed by atoms with Gasteiger partial charge in [-0.05, 0) is 64.4 Å². The van der Waals surface area contributed by atoms with Crippen LogP contribution in [-0.2, 0) is 21.2 Å². The molecular formula is C19H16N2O3S2. The molecule has 0 radical (unpaired) electrons. The maximum Gasteiger partial charge on any atom is 0.238 e. The standard InChI is InChI=1S/C19H16N2O3S2/c1-11-16(12-2-5-15(6-3-12)26(20,23)24)10-25-19(11)13-4-7-17-14(8-13)9-18(22)21-17/h2-8,10H,9H2,1H3,(H,21,22)(H2,20,23,24). The predicted octanol–water partition coefficient (Wildman–Crippen LogP) is 3.53. The zero-order chi connectivity index (χ0) is 18.5. The molecule has 1 aromatic heterocycles. The summed E-state index contributed by atoms with van der Waals surface area (Å²) in [5.41, 5.74) is 6.09. The number of benzene rings is 2. The Balaban J connectivity index is 1.71. The molecule has 2 aromatic carbocycles. The fourth-order valence-electron chi connectivity index (χ4n) is 3.18. The second-order valence-corrected chi connectivity index (χ2v) is 8.71. The van der Waals surface area contributed by atoms with E-state index in [1.54, 1.807) is 23.5 Å². The van der Waals surface area contributed by atoms with Crippen LogP contribution in [0.4, 0.5) is 5.69 Å². The van der Waals surface area contributed by atoms with Gasteiger partial charge in [-0.2, -0.15) is 0 Å². The molecule has 2 heterocycles. The van der Waals surface area contributed by atoms with Gasteiger partial charge in [-0.1, -0.05) is 18.2 Å². The van der Waals surface area contributed by atoms with Gasteiger partial charge < -0.3 is 5.32 Å². The average molecular weight is 384 g/mol. The molecule has 26 heavy (non-hydrogen) atoms. The van der Waals surface area contributed by atoms with Gasteiger partial charge in [-0.15, -0.1) is 11.3 Å². The van der Waals surface area contributed by atoms with Crippen LogP contribution in [0.1, 0.15) is 11.1 Å². The van der Waals surface area contributed by atoms with E-state index in [4.69, 9.17) is 5.14 Å². The molecule has 1 amide bonds. The summed E-state index contributed by atoms with van der Waals surface area (Å²) in [6.45, 7) is 2.05. The average Bonchev–Trinajstić information content (AvgIpc) is 3.15. The van der Waals surface area contributed by atoms with E-state index in [9.17, 15) is 13.2 Å². The van der Waals surface area contributed by atoms with Crippen LogP contribution in [0.25, 0.3) is 21.6 Å². The maximum atomic E-state index is 11.5. The first kappa shape index (κ1) is 17.0. The smallest absolute Gasteiger partial charge is 0.238 e. The Morgan fingerprint density at radius 2 is 1.77 bits per heavy atom. The number of nitrogens with two attached hydrogens (primary N) is 1. The van der Waals surface area contributed by atoms with Crippen LogP contribution in [0.3, 0.4) is 0 Å². The normalized spacial score (nSPS) is 13.5. The SMILES string of the molecule is Cc1c(-c2ccc(S(N)(=O)=O)cc2)csc1-c1ccc2c(c1)CC(=O)N2. The van der Waals surface area contributed by atoms with Gasteiger partial charge in [-0.25, -0.2) is 13.6 Å². The van der Waals surface area contributed by atoms with Gasteiger partial charge in [0.2, 0.25) is 15.9 Å². The largest absolute Gasteiger partial charge is 0.326 e. The number of nitrogens with one attached hydrogen (secondary N) is 1. The van der Waals surface area contributed by atoms with Gasteiger partial charge in [0.05, 0.1) is 11.3 Å². The van der Waals surface area contributed by atoms with Crippen molar-refractivity contribution < 1.29 is 13.2 Å². The highest BCUT2D eigenvalue weighted by Crippen LogP contribution is 2.39. The summed E-state index contributed by atoms with van der Waals surface area (Å²) in [5, 5.41) is 10.1. The zero-order valence-electron chi connectivity index (χ0n) is 13.9.